The van der Waals surface area contributed by atoms with Crippen molar-refractivity contribution < 1.29 is 14.1 Å². The topological polar surface area (TPSA) is 105 Å². The molecule has 0 aliphatic rings. The van der Waals surface area contributed by atoms with E-state index in [1.54, 1.807) is 6.26 Å². The third-order valence-electron chi connectivity index (χ3n) is 2.59. The van der Waals surface area contributed by atoms with Crippen molar-refractivity contribution in [3.8, 4) is 0 Å². The first-order valence-corrected chi connectivity index (χ1v) is 7.09. The van der Waals surface area contributed by atoms with Crippen LogP contribution in [0.1, 0.15) is 23.7 Å². The molecule has 4 N–H and O–H groups in total. The standard InChI is InChI=1S/C11H17N3O3S/c1-7(18(2)17)3-4-13-10-5-8(11(15)16)9(12)6-14-10/h5-7H,3-4,12H2,1-2H3,(H,13,14)(H,15,16). The summed E-state index contributed by atoms with van der Waals surface area (Å²) in [6.07, 6.45) is 3.69. The molecule has 1 rings (SSSR count). The molecule has 0 saturated heterocycles. The number of nitrogen functional groups attached to an aromatic ring is 1. The molecule has 0 spiro atoms. The Morgan fingerprint density at radius 3 is 2.89 bits per heavy atom. The molecule has 1 aromatic rings. The lowest BCUT2D eigenvalue weighted by Gasteiger charge is -2.10. The van der Waals surface area contributed by atoms with Crippen molar-refractivity contribution in [1.29, 1.82) is 0 Å². The molecular formula is C11H17N3O3S. The number of nitrogens with one attached hydrogen (secondary N) is 1. The van der Waals surface area contributed by atoms with Crippen molar-refractivity contribution in [3.63, 3.8) is 0 Å². The highest BCUT2D eigenvalue weighted by Gasteiger charge is 2.10. The average Bonchev–Trinajstić information content (AvgIpc) is 2.30. The molecule has 0 bridgehead atoms. The Bertz CT molecular complexity index is 465. The fourth-order valence-corrected chi connectivity index (χ4v) is 1.77. The first-order chi connectivity index (χ1) is 8.41. The van der Waals surface area contributed by atoms with E-state index in [-0.39, 0.29) is 16.5 Å². The molecule has 2 unspecified atom stereocenters. The quantitative estimate of drug-likeness (QED) is 0.711. The Labute approximate surface area is 108 Å². The molecule has 2 atom stereocenters. The summed E-state index contributed by atoms with van der Waals surface area (Å²) in [5, 5.41) is 12.0. The first-order valence-electron chi connectivity index (χ1n) is 5.46. The van der Waals surface area contributed by atoms with Gasteiger partial charge in [0, 0.05) is 28.9 Å². The molecule has 100 valence electrons. The number of nitrogens with zero attached hydrogens (tertiary/aromatic N) is 1. The second-order valence-corrected chi connectivity index (χ2v) is 5.79. The number of pyridine rings is 1. The molecule has 0 aliphatic carbocycles. The number of carboxylic acids is 1. The zero-order valence-electron chi connectivity index (χ0n) is 10.3. The van der Waals surface area contributed by atoms with E-state index in [4.69, 9.17) is 10.8 Å². The lowest BCUT2D eigenvalue weighted by molar-refractivity contribution is 0.0698. The molecule has 7 heteroatoms. The summed E-state index contributed by atoms with van der Waals surface area (Å²) in [6, 6.07) is 1.39. The number of carboxylic acid groups (broad SMARTS) is 1. The fraction of sp³-hybridized carbons (Fsp3) is 0.455. The van der Waals surface area contributed by atoms with Crippen molar-refractivity contribution in [1.82, 2.24) is 4.98 Å². The summed E-state index contributed by atoms with van der Waals surface area (Å²) >= 11 is 0. The van der Waals surface area contributed by atoms with Crippen LogP contribution in [0.4, 0.5) is 11.5 Å². The minimum atomic E-state index is -1.08. The number of aromatic nitrogens is 1. The van der Waals surface area contributed by atoms with Crippen LogP contribution < -0.4 is 11.1 Å². The van der Waals surface area contributed by atoms with E-state index < -0.39 is 16.8 Å². The molecule has 1 heterocycles. The van der Waals surface area contributed by atoms with Crippen LogP contribution in [0.15, 0.2) is 12.3 Å². The summed E-state index contributed by atoms with van der Waals surface area (Å²) in [6.45, 7) is 2.48. The molecule has 6 nitrogen and oxygen atoms in total. The van der Waals surface area contributed by atoms with Gasteiger partial charge in [-0.2, -0.15) is 0 Å². The summed E-state index contributed by atoms with van der Waals surface area (Å²) in [7, 11) is -0.858. The van der Waals surface area contributed by atoms with Gasteiger partial charge in [-0.3, -0.25) is 4.21 Å². The van der Waals surface area contributed by atoms with Gasteiger partial charge in [-0.1, -0.05) is 6.92 Å². The number of hydrogen-bond acceptors (Lipinski definition) is 5. The molecule has 0 saturated carbocycles. The maximum atomic E-state index is 11.1. The Balaban J connectivity index is 2.61. The zero-order valence-corrected chi connectivity index (χ0v) is 11.2. The molecular weight excluding hydrogens is 254 g/mol. The highest BCUT2D eigenvalue weighted by molar-refractivity contribution is 7.84. The summed E-state index contributed by atoms with van der Waals surface area (Å²) in [5.74, 6) is -0.628. The SMILES string of the molecule is CC(CCNc1cc(C(=O)O)c(N)cn1)S(C)=O. The van der Waals surface area contributed by atoms with E-state index in [1.165, 1.54) is 12.3 Å². The van der Waals surface area contributed by atoms with Crippen molar-refractivity contribution in [2.45, 2.75) is 18.6 Å². The van der Waals surface area contributed by atoms with Gasteiger partial charge in [0.2, 0.25) is 0 Å². The van der Waals surface area contributed by atoms with Crippen molar-refractivity contribution in [3.05, 3.63) is 17.8 Å². The van der Waals surface area contributed by atoms with E-state index in [0.29, 0.717) is 12.4 Å². The smallest absolute Gasteiger partial charge is 0.337 e. The Morgan fingerprint density at radius 1 is 1.67 bits per heavy atom. The van der Waals surface area contributed by atoms with Crippen LogP contribution in [-0.4, -0.2) is 38.3 Å². The van der Waals surface area contributed by atoms with Crippen LogP contribution >= 0.6 is 0 Å². The second kappa shape index (κ2) is 6.34. The maximum Gasteiger partial charge on any atom is 0.337 e. The molecule has 0 amide bonds. The Morgan fingerprint density at radius 2 is 2.33 bits per heavy atom. The number of hydrogen-bond donors (Lipinski definition) is 3. The summed E-state index contributed by atoms with van der Waals surface area (Å²) in [4.78, 5) is 14.9. The van der Waals surface area contributed by atoms with E-state index in [0.717, 1.165) is 6.42 Å². The van der Waals surface area contributed by atoms with Crippen LogP contribution in [0.5, 0.6) is 0 Å². The average molecular weight is 271 g/mol. The first kappa shape index (κ1) is 14.4. The maximum absolute atomic E-state index is 11.1. The van der Waals surface area contributed by atoms with E-state index in [2.05, 4.69) is 10.3 Å². The zero-order chi connectivity index (χ0) is 13.7. The predicted octanol–water partition coefficient (Wildman–Crippen LogP) is 0.931. The molecule has 1 aromatic heterocycles. The molecule has 0 radical (unpaired) electrons. The van der Waals surface area contributed by atoms with Gasteiger partial charge in [-0.25, -0.2) is 9.78 Å². The highest BCUT2D eigenvalue weighted by Crippen LogP contribution is 2.14. The molecule has 0 aliphatic heterocycles. The largest absolute Gasteiger partial charge is 0.478 e. The number of rotatable bonds is 6. The van der Waals surface area contributed by atoms with Gasteiger partial charge >= 0.3 is 5.97 Å². The minimum absolute atomic E-state index is 0.0274. The van der Waals surface area contributed by atoms with Gasteiger partial charge in [-0.05, 0) is 12.5 Å². The predicted molar refractivity (Wildman–Crippen MR) is 72.2 cm³/mol. The minimum Gasteiger partial charge on any atom is -0.478 e. The van der Waals surface area contributed by atoms with E-state index in [1.807, 2.05) is 6.92 Å². The molecule has 0 fully saturated rings. The van der Waals surface area contributed by atoms with Crippen molar-refractivity contribution >= 4 is 28.3 Å². The Kier molecular flexibility index (Phi) is 5.08. The van der Waals surface area contributed by atoms with Crippen LogP contribution in [0, 0.1) is 0 Å². The van der Waals surface area contributed by atoms with Gasteiger partial charge in [0.15, 0.2) is 0 Å². The van der Waals surface area contributed by atoms with Crippen LogP contribution in [0.2, 0.25) is 0 Å². The number of anilines is 2. The van der Waals surface area contributed by atoms with Gasteiger partial charge in [0.25, 0.3) is 0 Å². The lowest BCUT2D eigenvalue weighted by atomic mass is 10.2. The molecule has 0 aromatic carbocycles. The van der Waals surface area contributed by atoms with Crippen LogP contribution in [-0.2, 0) is 10.8 Å². The third kappa shape index (κ3) is 3.99. The van der Waals surface area contributed by atoms with E-state index in [9.17, 15) is 9.00 Å². The molecule has 18 heavy (non-hydrogen) atoms. The highest BCUT2D eigenvalue weighted by atomic mass is 32.2. The van der Waals surface area contributed by atoms with Crippen LogP contribution in [0.25, 0.3) is 0 Å². The van der Waals surface area contributed by atoms with Crippen molar-refractivity contribution in [2.75, 3.05) is 23.9 Å². The monoisotopic (exact) mass is 271 g/mol. The van der Waals surface area contributed by atoms with Gasteiger partial charge < -0.3 is 16.2 Å². The lowest BCUT2D eigenvalue weighted by Crippen LogP contribution is -2.15. The fourth-order valence-electron chi connectivity index (χ4n) is 1.32. The van der Waals surface area contributed by atoms with Crippen LogP contribution in [0.3, 0.4) is 0 Å². The normalized spacial score (nSPS) is 13.9. The number of nitrogens with two attached hydrogens (primary N) is 1. The van der Waals surface area contributed by atoms with Crippen molar-refractivity contribution in [2.24, 2.45) is 0 Å². The third-order valence-corrected chi connectivity index (χ3v) is 3.96. The number of carbonyl (C=O) groups is 1. The van der Waals surface area contributed by atoms with Gasteiger partial charge in [0.1, 0.15) is 5.82 Å². The van der Waals surface area contributed by atoms with E-state index >= 15 is 0 Å². The van der Waals surface area contributed by atoms with Gasteiger partial charge in [-0.15, -0.1) is 0 Å². The van der Waals surface area contributed by atoms with Gasteiger partial charge in [0.05, 0.1) is 17.4 Å². The summed E-state index contributed by atoms with van der Waals surface area (Å²) in [5.41, 5.74) is 5.66. The second-order valence-electron chi connectivity index (χ2n) is 3.99. The number of aromatic carboxylic acids is 1. The Hall–Kier alpha value is -1.63. The summed E-state index contributed by atoms with van der Waals surface area (Å²) < 4.78 is 11.1.